The van der Waals surface area contributed by atoms with E-state index in [1.807, 2.05) is 18.2 Å². The van der Waals surface area contributed by atoms with Crippen LogP contribution in [-0.2, 0) is 18.3 Å². The maximum absolute atomic E-state index is 6.41. The van der Waals surface area contributed by atoms with Gasteiger partial charge in [-0.05, 0) is 0 Å². The molecule has 0 aromatic carbocycles. The number of halogens is 2. The van der Waals surface area contributed by atoms with Crippen LogP contribution < -0.4 is 10.6 Å². The fourth-order valence-electron chi connectivity index (χ4n) is 1.51. The zero-order chi connectivity index (χ0) is 12.1. The summed E-state index contributed by atoms with van der Waals surface area (Å²) < 4.78 is 3.01. The van der Waals surface area contributed by atoms with Crippen LogP contribution in [0, 0.1) is 0 Å². The van der Waals surface area contributed by atoms with Gasteiger partial charge in [-0.3, -0.25) is 0 Å². The Balaban J connectivity index is 2.03. The summed E-state index contributed by atoms with van der Waals surface area (Å²) in [4.78, 5) is 4.27. The summed E-state index contributed by atoms with van der Waals surface area (Å²) in [6.45, 7) is 1.82. The van der Waals surface area contributed by atoms with Crippen LogP contribution in [0.3, 0.4) is 0 Å². The zero-order valence-corrected chi connectivity index (χ0v) is 12.5. The third-order valence-corrected chi connectivity index (χ3v) is 8.36. The van der Waals surface area contributed by atoms with Crippen LogP contribution in [-0.4, -0.2) is 27.0 Å². The van der Waals surface area contributed by atoms with Crippen LogP contribution in [0.2, 0.25) is 0 Å². The van der Waals surface area contributed by atoms with E-state index in [1.54, 1.807) is 6.20 Å². The molecule has 1 saturated heterocycles. The van der Waals surface area contributed by atoms with E-state index in [1.165, 1.54) is 0 Å². The van der Waals surface area contributed by atoms with E-state index in [2.05, 4.69) is 20.2 Å². The van der Waals surface area contributed by atoms with E-state index in [4.69, 9.17) is 19.4 Å². The van der Waals surface area contributed by atoms with Crippen molar-refractivity contribution in [3.8, 4) is 0 Å². The molecule has 0 amide bonds. The van der Waals surface area contributed by atoms with E-state index >= 15 is 0 Å². The predicted octanol–water partition coefficient (Wildman–Crippen LogP) is 1.56. The van der Waals surface area contributed by atoms with Crippen molar-refractivity contribution in [2.45, 2.75) is 12.8 Å². The van der Waals surface area contributed by atoms with E-state index in [0.717, 1.165) is 36.0 Å². The molecule has 2 rings (SSSR count). The fraction of sp³-hybridized carbons (Fsp3) is 0.364. The molecule has 1 aliphatic heterocycles. The van der Waals surface area contributed by atoms with Crippen LogP contribution in [0.1, 0.15) is 12.1 Å². The first-order valence-corrected chi connectivity index (χ1v) is 11.7. The number of aryl methyl sites for hydroxylation is 1. The molecule has 1 aromatic heterocycles. The van der Waals surface area contributed by atoms with E-state index in [-0.39, 0.29) is 0 Å². The number of pyridine rings is 1. The summed E-state index contributed by atoms with van der Waals surface area (Å²) in [6.07, 6.45) is 3.55. The number of rotatable bonds is 3. The third-order valence-electron chi connectivity index (χ3n) is 2.32. The van der Waals surface area contributed by atoms with Crippen molar-refractivity contribution in [1.82, 2.24) is 15.6 Å². The average Bonchev–Trinajstić information content (AvgIpc) is 2.84. The molecule has 0 atom stereocenters. The number of hydrogen-bond acceptors (Lipinski definition) is 3. The van der Waals surface area contributed by atoms with Crippen molar-refractivity contribution in [2.75, 3.05) is 13.1 Å². The second-order valence-electron chi connectivity index (χ2n) is 3.60. The Morgan fingerprint density at radius 2 is 2.06 bits per heavy atom. The summed E-state index contributed by atoms with van der Waals surface area (Å²) in [5.74, 6) is 0. The number of hydrogen-bond donors (Lipinski definition) is 2. The van der Waals surface area contributed by atoms with Gasteiger partial charge in [-0.1, -0.05) is 0 Å². The molecule has 1 fully saturated rings. The molecule has 6 heteroatoms. The minimum atomic E-state index is -2.77. The molecule has 3 nitrogen and oxygen atoms in total. The van der Waals surface area contributed by atoms with Crippen molar-refractivity contribution < 1.29 is 11.9 Å². The van der Waals surface area contributed by atoms with Gasteiger partial charge in [0.15, 0.2) is 0 Å². The Kier molecular flexibility index (Phi) is 4.95. The fourth-order valence-corrected chi connectivity index (χ4v) is 6.03. The van der Waals surface area contributed by atoms with Crippen LogP contribution in [0.5, 0.6) is 0 Å². The Hall–Kier alpha value is 0.0134. The normalized spacial score (nSPS) is 17.2. The Bertz CT molecular complexity index is 477. The second-order valence-corrected chi connectivity index (χ2v) is 13.1. The number of aromatic nitrogens is 1. The second kappa shape index (κ2) is 6.26. The van der Waals surface area contributed by atoms with E-state index in [9.17, 15) is 0 Å². The summed E-state index contributed by atoms with van der Waals surface area (Å²) in [6, 6.07) is 5.92. The first-order valence-electron chi connectivity index (χ1n) is 5.39. The van der Waals surface area contributed by atoms with Crippen molar-refractivity contribution in [1.29, 1.82) is 0 Å². The van der Waals surface area contributed by atoms with E-state index in [0.29, 0.717) is 0 Å². The molecule has 0 saturated carbocycles. The quantitative estimate of drug-likeness (QED) is 0.803. The van der Waals surface area contributed by atoms with Crippen molar-refractivity contribution in [2.24, 2.45) is 0 Å². The van der Waals surface area contributed by atoms with Gasteiger partial charge in [-0.2, -0.15) is 0 Å². The van der Waals surface area contributed by atoms with Crippen LogP contribution in [0.15, 0.2) is 24.4 Å². The topological polar surface area (TPSA) is 37.0 Å². The molecule has 0 spiro atoms. The Labute approximate surface area is 111 Å². The van der Waals surface area contributed by atoms with Gasteiger partial charge in [0.05, 0.1) is 0 Å². The molecule has 1 aromatic rings. The average molecular weight is 361 g/mol. The summed E-state index contributed by atoms with van der Waals surface area (Å²) in [5, 5.41) is 6.43. The van der Waals surface area contributed by atoms with Gasteiger partial charge in [-0.15, -0.1) is 0 Å². The molecular weight excluding hydrogens is 346 g/mol. The minimum absolute atomic E-state index is 0.864. The first-order chi connectivity index (χ1) is 8.18. The SMILES string of the molecule is [Cl][Ru]([Cl])(=[CH]CCc1ccccn1)=[C]1NCCN1. The van der Waals surface area contributed by atoms with Gasteiger partial charge < -0.3 is 0 Å². The summed E-state index contributed by atoms with van der Waals surface area (Å²) in [5.41, 5.74) is 1.07. The zero-order valence-electron chi connectivity index (χ0n) is 9.27. The molecule has 2 heterocycles. The summed E-state index contributed by atoms with van der Waals surface area (Å²) in [7, 11) is 12.8. The molecule has 17 heavy (non-hydrogen) atoms. The molecule has 0 unspecified atom stereocenters. The van der Waals surface area contributed by atoms with Crippen molar-refractivity contribution in [3.63, 3.8) is 0 Å². The summed E-state index contributed by atoms with van der Waals surface area (Å²) >= 11 is -2.77. The van der Waals surface area contributed by atoms with E-state index < -0.39 is 11.9 Å². The molecule has 96 valence electrons. The Morgan fingerprint density at radius 1 is 1.29 bits per heavy atom. The standard InChI is InChI=1S/C8H9N.C3H6N2.2ClH.Ru/c1-2-5-8-6-3-4-7-9-8;1-2-5-3-4-1;;;/h1,3-4,6-7H,2,5H2;4-5H,1-2H2;2*1H;/q;;;;+2/p-2. The van der Waals surface area contributed by atoms with Gasteiger partial charge in [0, 0.05) is 0 Å². The van der Waals surface area contributed by atoms with Gasteiger partial charge in [0.25, 0.3) is 0 Å². The Morgan fingerprint density at radius 3 is 2.71 bits per heavy atom. The van der Waals surface area contributed by atoms with Crippen molar-refractivity contribution >= 4 is 28.3 Å². The van der Waals surface area contributed by atoms with Crippen LogP contribution in [0.4, 0.5) is 0 Å². The first kappa shape index (κ1) is 13.4. The molecule has 0 radical (unpaired) electrons. The molecular formula is C11H15Cl2N3Ru. The van der Waals surface area contributed by atoms with Gasteiger partial charge in [-0.25, -0.2) is 0 Å². The predicted molar refractivity (Wildman–Crippen MR) is 71.3 cm³/mol. The number of nitrogens with one attached hydrogen (secondary N) is 2. The monoisotopic (exact) mass is 361 g/mol. The van der Waals surface area contributed by atoms with Crippen LogP contribution >= 0.6 is 19.4 Å². The van der Waals surface area contributed by atoms with Crippen molar-refractivity contribution in [3.05, 3.63) is 30.1 Å². The molecule has 0 bridgehead atoms. The van der Waals surface area contributed by atoms with Crippen LogP contribution in [0.25, 0.3) is 0 Å². The third kappa shape index (κ3) is 4.01. The van der Waals surface area contributed by atoms with Gasteiger partial charge >= 0.3 is 112 Å². The molecule has 0 aliphatic carbocycles. The van der Waals surface area contributed by atoms with Gasteiger partial charge in [0.2, 0.25) is 0 Å². The number of nitrogens with zero attached hydrogens (tertiary/aromatic N) is 1. The molecule has 2 N–H and O–H groups in total. The molecule has 1 aliphatic rings. The maximum atomic E-state index is 6.41. The van der Waals surface area contributed by atoms with Gasteiger partial charge in [0.1, 0.15) is 0 Å².